The van der Waals surface area contributed by atoms with Crippen molar-refractivity contribution in [2.45, 2.75) is 55.9 Å². The minimum atomic E-state index is -3.76. The van der Waals surface area contributed by atoms with E-state index in [9.17, 15) is 13.2 Å². The van der Waals surface area contributed by atoms with Crippen LogP contribution in [0.1, 0.15) is 54.4 Å². The van der Waals surface area contributed by atoms with Crippen molar-refractivity contribution in [3.05, 3.63) is 58.6 Å². The maximum atomic E-state index is 13.5. The minimum Gasteiger partial charge on any atom is -0.495 e. The molecule has 1 unspecified atom stereocenters. The first-order valence-electron chi connectivity index (χ1n) is 11.6. The van der Waals surface area contributed by atoms with Crippen molar-refractivity contribution in [3.63, 3.8) is 0 Å². The van der Waals surface area contributed by atoms with Gasteiger partial charge < -0.3 is 9.64 Å². The molecule has 178 valence electrons. The van der Waals surface area contributed by atoms with Crippen LogP contribution in [0.3, 0.4) is 0 Å². The smallest absolute Gasteiger partial charge is 0.254 e. The molecule has 2 fully saturated rings. The van der Waals surface area contributed by atoms with Gasteiger partial charge in [0.05, 0.1) is 7.11 Å². The fraction of sp³-hybridized carbons (Fsp3) is 0.480. The molecule has 2 aliphatic heterocycles. The van der Waals surface area contributed by atoms with Gasteiger partial charge in [0.25, 0.3) is 5.91 Å². The fourth-order valence-corrected chi connectivity index (χ4v) is 6.74. The summed E-state index contributed by atoms with van der Waals surface area (Å²) in [6.07, 6.45) is 6.24. The number of halogens is 1. The lowest BCUT2D eigenvalue weighted by Gasteiger charge is -2.26. The standard InChI is InChI=1S/C25H31ClN2O4S/c1-32-23-13-12-20(18-24(23)33(30,31)27-14-6-2-3-7-15-27)25(29)28-16-8-10-21(28)17-19-9-4-5-11-22(19)26/h4-5,9,11-13,18,21H,2-3,6-8,10,14-17H2,1H3. The molecule has 8 heteroatoms. The molecule has 0 saturated carbocycles. The summed E-state index contributed by atoms with van der Waals surface area (Å²) in [5.41, 5.74) is 1.39. The number of likely N-dealkylation sites (tertiary alicyclic amines) is 1. The highest BCUT2D eigenvalue weighted by Gasteiger charge is 2.33. The Bertz CT molecular complexity index is 1100. The van der Waals surface area contributed by atoms with Gasteiger partial charge in [-0.05, 0) is 61.9 Å². The van der Waals surface area contributed by atoms with E-state index in [1.165, 1.54) is 17.5 Å². The Morgan fingerprint density at radius 3 is 2.45 bits per heavy atom. The number of hydrogen-bond acceptors (Lipinski definition) is 4. The number of benzene rings is 2. The first kappa shape index (κ1) is 24.0. The summed E-state index contributed by atoms with van der Waals surface area (Å²) >= 11 is 6.35. The van der Waals surface area contributed by atoms with Crippen LogP contribution in [-0.4, -0.2) is 56.3 Å². The molecule has 0 N–H and O–H groups in total. The summed E-state index contributed by atoms with van der Waals surface area (Å²) in [7, 11) is -2.30. The zero-order valence-electron chi connectivity index (χ0n) is 19.0. The SMILES string of the molecule is COc1ccc(C(=O)N2CCCC2Cc2ccccc2Cl)cc1S(=O)(=O)N1CCCCCC1. The van der Waals surface area contributed by atoms with Gasteiger partial charge in [0.2, 0.25) is 10.0 Å². The van der Waals surface area contributed by atoms with Crippen molar-refractivity contribution in [1.82, 2.24) is 9.21 Å². The zero-order chi connectivity index (χ0) is 23.4. The molecule has 2 aromatic rings. The Morgan fingerprint density at radius 1 is 1.03 bits per heavy atom. The average molecular weight is 491 g/mol. The van der Waals surface area contributed by atoms with E-state index in [2.05, 4.69) is 0 Å². The van der Waals surface area contributed by atoms with Crippen LogP contribution >= 0.6 is 11.6 Å². The van der Waals surface area contributed by atoms with Crippen LogP contribution in [0.2, 0.25) is 5.02 Å². The predicted molar refractivity (Wildman–Crippen MR) is 129 cm³/mol. The van der Waals surface area contributed by atoms with E-state index < -0.39 is 10.0 Å². The largest absolute Gasteiger partial charge is 0.495 e. The lowest BCUT2D eigenvalue weighted by Crippen LogP contribution is -2.37. The fourth-order valence-electron chi connectivity index (χ4n) is 4.83. The van der Waals surface area contributed by atoms with Gasteiger partial charge >= 0.3 is 0 Å². The Morgan fingerprint density at radius 2 is 1.76 bits per heavy atom. The predicted octanol–water partition coefficient (Wildman–Crippen LogP) is 4.76. The second-order valence-corrected chi connectivity index (χ2v) is 11.1. The number of carbonyl (C=O) groups excluding carboxylic acids is 1. The summed E-state index contributed by atoms with van der Waals surface area (Å²) in [6.45, 7) is 1.64. The highest BCUT2D eigenvalue weighted by atomic mass is 35.5. The molecule has 2 aromatic carbocycles. The van der Waals surface area contributed by atoms with Crippen LogP contribution in [0.25, 0.3) is 0 Å². The van der Waals surface area contributed by atoms with Gasteiger partial charge in [-0.1, -0.05) is 42.6 Å². The zero-order valence-corrected chi connectivity index (χ0v) is 20.6. The normalized spacial score (nSPS) is 19.9. The van der Waals surface area contributed by atoms with E-state index in [1.54, 1.807) is 12.1 Å². The second kappa shape index (κ2) is 10.5. The van der Waals surface area contributed by atoms with Crippen LogP contribution in [0.4, 0.5) is 0 Å². The minimum absolute atomic E-state index is 0.0326. The number of carbonyl (C=O) groups is 1. The van der Waals surface area contributed by atoms with Gasteiger partial charge in [-0.15, -0.1) is 0 Å². The Kier molecular flexibility index (Phi) is 7.62. The van der Waals surface area contributed by atoms with Crippen molar-refractivity contribution >= 4 is 27.5 Å². The number of rotatable bonds is 6. The van der Waals surface area contributed by atoms with Gasteiger partial charge in [0, 0.05) is 36.3 Å². The second-order valence-electron chi connectivity index (χ2n) is 8.77. The van der Waals surface area contributed by atoms with Crippen molar-refractivity contribution in [2.75, 3.05) is 26.7 Å². The number of ether oxygens (including phenoxy) is 1. The van der Waals surface area contributed by atoms with Crippen LogP contribution in [0, 0.1) is 0 Å². The molecule has 4 rings (SSSR count). The van der Waals surface area contributed by atoms with E-state index in [1.807, 2.05) is 29.2 Å². The molecule has 0 bridgehead atoms. The summed E-state index contributed by atoms with van der Waals surface area (Å²) in [4.78, 5) is 15.4. The summed E-state index contributed by atoms with van der Waals surface area (Å²) in [5.74, 6) is 0.115. The van der Waals surface area contributed by atoms with E-state index >= 15 is 0 Å². The molecule has 1 amide bonds. The highest BCUT2D eigenvalue weighted by Crippen LogP contribution is 2.31. The van der Waals surface area contributed by atoms with Crippen molar-refractivity contribution in [1.29, 1.82) is 0 Å². The summed E-state index contributed by atoms with van der Waals surface area (Å²) < 4.78 is 33.8. The summed E-state index contributed by atoms with van der Waals surface area (Å²) in [6, 6.07) is 12.5. The van der Waals surface area contributed by atoms with Gasteiger partial charge in [0.15, 0.2) is 0 Å². The first-order valence-corrected chi connectivity index (χ1v) is 13.5. The van der Waals surface area contributed by atoms with Gasteiger partial charge in [0.1, 0.15) is 10.6 Å². The van der Waals surface area contributed by atoms with Crippen molar-refractivity contribution < 1.29 is 17.9 Å². The third kappa shape index (κ3) is 5.20. The molecule has 33 heavy (non-hydrogen) atoms. The van der Waals surface area contributed by atoms with E-state index in [0.717, 1.165) is 44.1 Å². The average Bonchev–Trinajstić information content (AvgIpc) is 3.10. The lowest BCUT2D eigenvalue weighted by atomic mass is 10.0. The molecule has 1 atom stereocenters. The van der Waals surface area contributed by atoms with E-state index in [4.69, 9.17) is 16.3 Å². The van der Waals surface area contributed by atoms with Crippen LogP contribution in [0.15, 0.2) is 47.4 Å². The first-order chi connectivity index (χ1) is 15.9. The number of amides is 1. The molecular formula is C25H31ClN2O4S. The number of hydrogen-bond donors (Lipinski definition) is 0. The number of nitrogens with zero attached hydrogens (tertiary/aromatic N) is 2. The Labute approximate surface area is 201 Å². The third-order valence-corrected chi connectivity index (χ3v) is 8.93. The summed E-state index contributed by atoms with van der Waals surface area (Å²) in [5, 5.41) is 0.701. The maximum Gasteiger partial charge on any atom is 0.254 e. The molecule has 0 aromatic heterocycles. The number of methoxy groups -OCH3 is 1. The van der Waals surface area contributed by atoms with Crippen LogP contribution in [-0.2, 0) is 16.4 Å². The molecule has 6 nitrogen and oxygen atoms in total. The molecule has 2 saturated heterocycles. The Balaban J connectivity index is 1.61. The molecule has 2 heterocycles. The number of sulfonamides is 1. The van der Waals surface area contributed by atoms with Crippen LogP contribution in [0.5, 0.6) is 5.75 Å². The molecule has 2 aliphatic rings. The van der Waals surface area contributed by atoms with Crippen LogP contribution < -0.4 is 4.74 Å². The molecule has 0 radical (unpaired) electrons. The topological polar surface area (TPSA) is 66.9 Å². The van der Waals surface area contributed by atoms with Crippen molar-refractivity contribution in [2.24, 2.45) is 0 Å². The van der Waals surface area contributed by atoms with Gasteiger partial charge in [-0.3, -0.25) is 4.79 Å². The van der Waals surface area contributed by atoms with Gasteiger partial charge in [-0.25, -0.2) is 8.42 Å². The Hall–Kier alpha value is -2.09. The molecule has 0 aliphatic carbocycles. The highest BCUT2D eigenvalue weighted by molar-refractivity contribution is 7.89. The van der Waals surface area contributed by atoms with E-state index in [-0.39, 0.29) is 22.6 Å². The quantitative estimate of drug-likeness (QED) is 0.585. The van der Waals surface area contributed by atoms with E-state index in [0.29, 0.717) is 36.6 Å². The maximum absolute atomic E-state index is 13.5. The lowest BCUT2D eigenvalue weighted by molar-refractivity contribution is 0.0736. The molecule has 0 spiro atoms. The van der Waals surface area contributed by atoms with Crippen molar-refractivity contribution in [3.8, 4) is 5.75 Å². The third-order valence-electron chi connectivity index (χ3n) is 6.64. The van der Waals surface area contributed by atoms with Gasteiger partial charge in [-0.2, -0.15) is 4.31 Å². The monoisotopic (exact) mass is 490 g/mol. The molecular weight excluding hydrogens is 460 g/mol.